The van der Waals surface area contributed by atoms with Crippen molar-refractivity contribution in [2.75, 3.05) is 4.90 Å². The molecule has 0 unspecified atom stereocenters. The predicted molar refractivity (Wildman–Crippen MR) is 290 cm³/mol. The Bertz CT molecular complexity index is 4000. The minimum atomic E-state index is 1.08. The Morgan fingerprint density at radius 3 is 1.49 bits per heavy atom. The molecule has 0 aliphatic rings. The fourth-order valence-electron chi connectivity index (χ4n) is 10.5. The Balaban J connectivity index is 0.976. The molecule has 0 aliphatic heterocycles. The summed E-state index contributed by atoms with van der Waals surface area (Å²) in [5.41, 5.74) is 16.3. The Morgan fingerprint density at radius 1 is 0.250 bits per heavy atom. The van der Waals surface area contributed by atoms with Gasteiger partial charge in [-0.25, -0.2) is 0 Å². The van der Waals surface area contributed by atoms with Gasteiger partial charge in [0.05, 0.1) is 16.7 Å². The van der Waals surface area contributed by atoms with Crippen molar-refractivity contribution < 1.29 is 0 Å². The number of para-hydroxylation sites is 1. The van der Waals surface area contributed by atoms with Gasteiger partial charge in [0.2, 0.25) is 0 Å². The molecular weight excluding hydrogens is 821 g/mol. The van der Waals surface area contributed by atoms with Gasteiger partial charge in [-0.3, -0.25) is 0 Å². The van der Waals surface area contributed by atoms with Crippen LogP contribution in [0.15, 0.2) is 267 Å². The number of fused-ring (bicyclic) bond motifs is 8. The lowest BCUT2D eigenvalue weighted by molar-refractivity contribution is 1.19. The van der Waals surface area contributed by atoms with E-state index < -0.39 is 0 Å². The van der Waals surface area contributed by atoms with Crippen LogP contribution in [0.4, 0.5) is 17.1 Å². The first-order valence-electron chi connectivity index (χ1n) is 23.4. The van der Waals surface area contributed by atoms with Crippen LogP contribution in [0.2, 0.25) is 0 Å². The average Bonchev–Trinajstić information content (AvgIpc) is 3.76. The fourth-order valence-corrected chi connectivity index (χ4v) is 10.5. The maximum Gasteiger partial charge on any atom is 0.0619 e. The number of nitrogens with zero attached hydrogens (tertiary/aromatic N) is 2. The predicted octanol–water partition coefficient (Wildman–Crippen LogP) is 18.4. The molecule has 13 rings (SSSR count). The van der Waals surface area contributed by atoms with E-state index in [1.54, 1.807) is 0 Å². The molecule has 0 bridgehead atoms. The lowest BCUT2D eigenvalue weighted by atomic mass is 9.93. The highest BCUT2D eigenvalue weighted by atomic mass is 15.1. The Morgan fingerprint density at radius 2 is 0.779 bits per heavy atom. The van der Waals surface area contributed by atoms with Gasteiger partial charge in [-0.15, -0.1) is 0 Å². The Labute approximate surface area is 395 Å². The van der Waals surface area contributed by atoms with Crippen LogP contribution < -0.4 is 4.90 Å². The van der Waals surface area contributed by atoms with E-state index in [1.165, 1.54) is 87.5 Å². The van der Waals surface area contributed by atoms with E-state index in [0.717, 1.165) is 33.9 Å². The summed E-state index contributed by atoms with van der Waals surface area (Å²) in [5.74, 6) is 0. The second-order valence-corrected chi connectivity index (χ2v) is 17.7. The summed E-state index contributed by atoms with van der Waals surface area (Å²) >= 11 is 0. The van der Waals surface area contributed by atoms with Gasteiger partial charge in [-0.2, -0.15) is 0 Å². The molecule has 68 heavy (non-hydrogen) atoms. The molecule has 0 saturated carbocycles. The molecule has 2 nitrogen and oxygen atoms in total. The molecule has 12 aromatic carbocycles. The molecule has 318 valence electrons. The van der Waals surface area contributed by atoms with Gasteiger partial charge in [0, 0.05) is 38.8 Å². The topological polar surface area (TPSA) is 8.17 Å². The number of hydrogen-bond acceptors (Lipinski definition) is 1. The van der Waals surface area contributed by atoms with E-state index in [1.807, 2.05) is 0 Å². The van der Waals surface area contributed by atoms with Crippen molar-refractivity contribution in [3.8, 4) is 50.2 Å². The van der Waals surface area contributed by atoms with Gasteiger partial charge in [0.1, 0.15) is 0 Å². The molecular formula is C66H44N2. The van der Waals surface area contributed by atoms with Gasteiger partial charge in [0.25, 0.3) is 0 Å². The van der Waals surface area contributed by atoms with Crippen molar-refractivity contribution in [2.24, 2.45) is 0 Å². The van der Waals surface area contributed by atoms with E-state index in [2.05, 4.69) is 276 Å². The average molecular weight is 865 g/mol. The minimum absolute atomic E-state index is 1.08. The third kappa shape index (κ3) is 6.73. The summed E-state index contributed by atoms with van der Waals surface area (Å²) in [6, 6.07) is 97.5. The number of anilines is 3. The van der Waals surface area contributed by atoms with Crippen LogP contribution in [-0.4, -0.2) is 4.57 Å². The van der Waals surface area contributed by atoms with Crippen molar-refractivity contribution >= 4 is 71.2 Å². The van der Waals surface area contributed by atoms with Gasteiger partial charge in [-0.05, 0) is 127 Å². The zero-order chi connectivity index (χ0) is 45.0. The summed E-state index contributed by atoms with van der Waals surface area (Å²) in [7, 11) is 0. The van der Waals surface area contributed by atoms with Crippen LogP contribution in [0, 0.1) is 0 Å². The molecule has 0 spiro atoms. The quantitative estimate of drug-likeness (QED) is 0.138. The molecule has 0 N–H and O–H groups in total. The maximum absolute atomic E-state index is 2.49. The monoisotopic (exact) mass is 864 g/mol. The SMILES string of the molecule is c1ccc(-c2cccc(N(c3ccc(-c4cc(-c5ccccc5)ccc4-n4c5ccccc5c5ccc6ccccc6c54)cc3)c3ccc(-c4cc5ccccc5c5ccccc45)cc3)c2)cc1. The normalized spacial score (nSPS) is 11.5. The fraction of sp³-hybridized carbons (Fsp3) is 0. The van der Waals surface area contributed by atoms with E-state index in [4.69, 9.17) is 0 Å². The molecule has 1 heterocycles. The first-order valence-corrected chi connectivity index (χ1v) is 23.4. The standard InChI is InChI=1S/C66H44N2/c1-3-16-45(17-4-1)50-22-15-23-55(42-50)67(53-36-30-48(31-37-53)62-44-52-21-8-9-24-56(52)58-26-11-12-27-59(58)62)54-38-32-49(33-39-54)63-43-51(46-18-5-2-6-19-46)35-41-65(63)68-64-29-14-13-28-60(64)61-40-34-47-20-7-10-25-57(47)66(61)68/h1-44H. The van der Waals surface area contributed by atoms with Gasteiger partial charge in [0.15, 0.2) is 0 Å². The molecule has 0 saturated heterocycles. The van der Waals surface area contributed by atoms with Crippen LogP contribution in [0.5, 0.6) is 0 Å². The molecule has 0 amide bonds. The Hall–Kier alpha value is -8.98. The number of aromatic nitrogens is 1. The smallest absolute Gasteiger partial charge is 0.0619 e. The first-order chi connectivity index (χ1) is 33.7. The summed E-state index contributed by atoms with van der Waals surface area (Å²) in [5, 5.41) is 10.0. The van der Waals surface area contributed by atoms with Crippen LogP contribution in [0.25, 0.3) is 104 Å². The number of hydrogen-bond donors (Lipinski definition) is 0. The lowest BCUT2D eigenvalue weighted by Crippen LogP contribution is -2.10. The van der Waals surface area contributed by atoms with E-state index >= 15 is 0 Å². The van der Waals surface area contributed by atoms with Crippen molar-refractivity contribution in [1.82, 2.24) is 4.57 Å². The van der Waals surface area contributed by atoms with Gasteiger partial charge < -0.3 is 9.47 Å². The van der Waals surface area contributed by atoms with Crippen molar-refractivity contribution in [3.63, 3.8) is 0 Å². The summed E-state index contributed by atoms with van der Waals surface area (Å²) < 4.78 is 2.49. The molecule has 13 aromatic rings. The number of rotatable bonds is 8. The van der Waals surface area contributed by atoms with Gasteiger partial charge in [-0.1, -0.05) is 206 Å². The molecule has 2 heteroatoms. The maximum atomic E-state index is 2.49. The summed E-state index contributed by atoms with van der Waals surface area (Å²) in [4.78, 5) is 2.39. The summed E-state index contributed by atoms with van der Waals surface area (Å²) in [6.45, 7) is 0. The first kappa shape index (κ1) is 39.4. The second kappa shape index (κ2) is 16.5. The Kier molecular flexibility index (Phi) is 9.54. The van der Waals surface area contributed by atoms with E-state index in [9.17, 15) is 0 Å². The molecule has 0 radical (unpaired) electrons. The van der Waals surface area contributed by atoms with Crippen LogP contribution in [-0.2, 0) is 0 Å². The van der Waals surface area contributed by atoms with Gasteiger partial charge >= 0.3 is 0 Å². The highest BCUT2D eigenvalue weighted by Gasteiger charge is 2.20. The number of benzene rings is 12. The second-order valence-electron chi connectivity index (χ2n) is 17.7. The van der Waals surface area contributed by atoms with Crippen LogP contribution in [0.3, 0.4) is 0 Å². The summed E-state index contributed by atoms with van der Waals surface area (Å²) in [6.07, 6.45) is 0. The molecule has 0 aliphatic carbocycles. The molecule has 1 aromatic heterocycles. The zero-order valence-electron chi connectivity index (χ0n) is 37.3. The van der Waals surface area contributed by atoms with Crippen LogP contribution >= 0.6 is 0 Å². The van der Waals surface area contributed by atoms with E-state index in [-0.39, 0.29) is 0 Å². The molecule has 0 atom stereocenters. The lowest BCUT2D eigenvalue weighted by Gasteiger charge is -2.27. The minimum Gasteiger partial charge on any atom is -0.310 e. The third-order valence-corrected chi connectivity index (χ3v) is 13.8. The highest BCUT2D eigenvalue weighted by molar-refractivity contribution is 6.19. The largest absolute Gasteiger partial charge is 0.310 e. The molecule has 0 fully saturated rings. The van der Waals surface area contributed by atoms with Crippen molar-refractivity contribution in [3.05, 3.63) is 267 Å². The van der Waals surface area contributed by atoms with Crippen LogP contribution in [0.1, 0.15) is 0 Å². The highest BCUT2D eigenvalue weighted by Crippen LogP contribution is 2.44. The zero-order valence-corrected chi connectivity index (χ0v) is 37.3. The third-order valence-electron chi connectivity index (χ3n) is 13.8. The van der Waals surface area contributed by atoms with E-state index in [0.29, 0.717) is 0 Å². The van der Waals surface area contributed by atoms with Crippen molar-refractivity contribution in [2.45, 2.75) is 0 Å². The van der Waals surface area contributed by atoms with Crippen molar-refractivity contribution in [1.29, 1.82) is 0 Å².